The monoisotopic (exact) mass is 276 g/mol. The number of carbonyl (C=O) groups excluding carboxylic acids is 3. The highest BCUT2D eigenvalue weighted by molar-refractivity contribution is 5.99. The van der Waals surface area contributed by atoms with E-state index in [9.17, 15) is 14.4 Å². The number of esters is 1. The maximum absolute atomic E-state index is 11.9. The van der Waals surface area contributed by atoms with Crippen LogP contribution in [-0.2, 0) is 20.7 Å². The number of hydrogen-bond acceptors (Lipinski definition) is 4. The van der Waals surface area contributed by atoms with Crippen molar-refractivity contribution in [1.29, 1.82) is 0 Å². The first-order valence-corrected chi connectivity index (χ1v) is 6.78. The van der Waals surface area contributed by atoms with Crippen molar-refractivity contribution in [2.45, 2.75) is 33.6 Å². The lowest BCUT2D eigenvalue weighted by atomic mass is 9.93. The predicted molar refractivity (Wildman–Crippen MR) is 75.6 cm³/mol. The fourth-order valence-corrected chi connectivity index (χ4v) is 1.93. The molecule has 4 heteroatoms. The highest BCUT2D eigenvalue weighted by atomic mass is 16.5. The molecule has 0 heterocycles. The van der Waals surface area contributed by atoms with Gasteiger partial charge in [-0.1, -0.05) is 31.2 Å². The van der Waals surface area contributed by atoms with E-state index in [4.69, 9.17) is 4.74 Å². The molecule has 0 radical (unpaired) electrons. The number of ketones is 2. The lowest BCUT2D eigenvalue weighted by Gasteiger charge is -2.14. The third kappa shape index (κ3) is 4.30. The zero-order valence-corrected chi connectivity index (χ0v) is 12.1. The van der Waals surface area contributed by atoms with Gasteiger partial charge in [-0.2, -0.15) is 0 Å². The Kier molecular flexibility index (Phi) is 6.10. The van der Waals surface area contributed by atoms with Gasteiger partial charge in [0.25, 0.3) is 0 Å². The van der Waals surface area contributed by atoms with E-state index in [2.05, 4.69) is 0 Å². The Labute approximate surface area is 119 Å². The van der Waals surface area contributed by atoms with Crippen LogP contribution in [-0.4, -0.2) is 24.1 Å². The number of Topliss-reactive ketones (excluding diaryl/α,β-unsaturated/α-hetero) is 2. The van der Waals surface area contributed by atoms with E-state index in [1.165, 1.54) is 6.92 Å². The molecule has 108 valence electrons. The van der Waals surface area contributed by atoms with E-state index >= 15 is 0 Å². The quantitative estimate of drug-likeness (QED) is 0.436. The molecule has 0 saturated heterocycles. The molecular formula is C16H20O4. The summed E-state index contributed by atoms with van der Waals surface area (Å²) in [4.78, 5) is 34.9. The largest absolute Gasteiger partial charge is 0.465 e. The van der Waals surface area contributed by atoms with Crippen LogP contribution in [0.25, 0.3) is 0 Å². The molecule has 1 aromatic rings. The summed E-state index contributed by atoms with van der Waals surface area (Å²) in [6.07, 6.45) is 0.610. The van der Waals surface area contributed by atoms with Gasteiger partial charge in [-0.15, -0.1) is 0 Å². The van der Waals surface area contributed by atoms with E-state index in [0.717, 1.165) is 5.56 Å². The van der Waals surface area contributed by atoms with Gasteiger partial charge < -0.3 is 4.74 Å². The Bertz CT molecular complexity index is 488. The van der Waals surface area contributed by atoms with Crippen LogP contribution in [0.15, 0.2) is 24.3 Å². The van der Waals surface area contributed by atoms with Gasteiger partial charge in [-0.25, -0.2) is 0 Å². The summed E-state index contributed by atoms with van der Waals surface area (Å²) < 4.78 is 4.95. The minimum absolute atomic E-state index is 0.0110. The maximum Gasteiger partial charge on any atom is 0.316 e. The second kappa shape index (κ2) is 7.58. The molecule has 0 saturated carbocycles. The van der Waals surface area contributed by atoms with Crippen LogP contribution in [0.4, 0.5) is 0 Å². The smallest absolute Gasteiger partial charge is 0.316 e. The number of benzene rings is 1. The summed E-state index contributed by atoms with van der Waals surface area (Å²) in [5.41, 5.74) is 1.46. The molecule has 0 aliphatic carbocycles. The lowest BCUT2D eigenvalue weighted by molar-refractivity contribution is -0.151. The van der Waals surface area contributed by atoms with E-state index in [1.54, 1.807) is 38.1 Å². The van der Waals surface area contributed by atoms with Crippen molar-refractivity contribution < 1.29 is 19.1 Å². The Balaban J connectivity index is 2.86. The fraction of sp³-hybridized carbons (Fsp3) is 0.438. The van der Waals surface area contributed by atoms with Gasteiger partial charge >= 0.3 is 5.97 Å². The summed E-state index contributed by atoms with van der Waals surface area (Å²) >= 11 is 0. The molecule has 1 aromatic carbocycles. The molecule has 0 aliphatic heterocycles. The molecule has 0 spiro atoms. The molecule has 0 fully saturated rings. The maximum atomic E-state index is 11.9. The number of carbonyl (C=O) groups is 3. The first kappa shape index (κ1) is 16.1. The van der Waals surface area contributed by atoms with Crippen molar-refractivity contribution in [3.05, 3.63) is 35.4 Å². The van der Waals surface area contributed by atoms with Crippen molar-refractivity contribution in [1.82, 2.24) is 0 Å². The van der Waals surface area contributed by atoms with Crippen molar-refractivity contribution in [3.8, 4) is 0 Å². The summed E-state index contributed by atoms with van der Waals surface area (Å²) in [6.45, 7) is 5.20. The standard InChI is InChI=1S/C16H20O4/c1-4-15(18)14(16(19)20-5-2)10-12-6-8-13(9-7-12)11(3)17/h6-9,14H,4-5,10H2,1-3H3. The highest BCUT2D eigenvalue weighted by Gasteiger charge is 2.26. The van der Waals surface area contributed by atoms with Crippen LogP contribution in [0.3, 0.4) is 0 Å². The SMILES string of the molecule is CCOC(=O)C(Cc1ccc(C(C)=O)cc1)C(=O)CC. The highest BCUT2D eigenvalue weighted by Crippen LogP contribution is 2.15. The van der Waals surface area contributed by atoms with Crippen molar-refractivity contribution >= 4 is 17.5 Å². The fourth-order valence-electron chi connectivity index (χ4n) is 1.93. The Morgan fingerprint density at radius 2 is 1.70 bits per heavy atom. The summed E-state index contributed by atoms with van der Waals surface area (Å²) in [6, 6.07) is 6.95. The predicted octanol–water partition coefficient (Wildman–Crippen LogP) is 2.59. The van der Waals surface area contributed by atoms with Crippen LogP contribution < -0.4 is 0 Å². The Hall–Kier alpha value is -1.97. The number of rotatable bonds is 7. The van der Waals surface area contributed by atoms with E-state index < -0.39 is 11.9 Å². The van der Waals surface area contributed by atoms with Crippen LogP contribution in [0.1, 0.15) is 43.1 Å². The molecule has 1 unspecified atom stereocenters. The van der Waals surface area contributed by atoms with Crippen LogP contribution in [0.5, 0.6) is 0 Å². The average molecular weight is 276 g/mol. The number of ether oxygens (including phenoxy) is 1. The van der Waals surface area contributed by atoms with Gasteiger partial charge in [-0.05, 0) is 25.8 Å². The van der Waals surface area contributed by atoms with Crippen LogP contribution in [0.2, 0.25) is 0 Å². The molecule has 0 amide bonds. The molecular weight excluding hydrogens is 256 g/mol. The minimum Gasteiger partial charge on any atom is -0.465 e. The van der Waals surface area contributed by atoms with Crippen molar-refractivity contribution in [2.24, 2.45) is 5.92 Å². The number of hydrogen-bond donors (Lipinski definition) is 0. The molecule has 1 atom stereocenters. The van der Waals surface area contributed by atoms with Crippen molar-refractivity contribution in [3.63, 3.8) is 0 Å². The molecule has 0 aliphatic rings. The minimum atomic E-state index is -0.761. The second-order valence-electron chi connectivity index (χ2n) is 4.58. The Morgan fingerprint density at radius 3 is 2.15 bits per heavy atom. The van der Waals surface area contributed by atoms with Crippen molar-refractivity contribution in [2.75, 3.05) is 6.61 Å². The summed E-state index contributed by atoms with van der Waals surface area (Å²) in [5, 5.41) is 0. The molecule has 0 aromatic heterocycles. The van der Waals surface area contributed by atoms with Gasteiger partial charge in [0.2, 0.25) is 0 Å². The van der Waals surface area contributed by atoms with Gasteiger partial charge in [0.1, 0.15) is 11.7 Å². The third-order valence-electron chi connectivity index (χ3n) is 3.11. The summed E-state index contributed by atoms with van der Waals surface area (Å²) in [7, 11) is 0. The lowest BCUT2D eigenvalue weighted by Crippen LogP contribution is -2.27. The van der Waals surface area contributed by atoms with Crippen LogP contribution >= 0.6 is 0 Å². The second-order valence-corrected chi connectivity index (χ2v) is 4.58. The molecule has 20 heavy (non-hydrogen) atoms. The zero-order chi connectivity index (χ0) is 15.1. The van der Waals surface area contributed by atoms with Gasteiger partial charge in [-0.3, -0.25) is 14.4 Å². The summed E-state index contributed by atoms with van der Waals surface area (Å²) in [5.74, 6) is -1.37. The van der Waals surface area contributed by atoms with E-state index in [0.29, 0.717) is 18.4 Å². The first-order valence-electron chi connectivity index (χ1n) is 6.78. The zero-order valence-electron chi connectivity index (χ0n) is 12.1. The van der Waals surface area contributed by atoms with E-state index in [1.807, 2.05) is 0 Å². The topological polar surface area (TPSA) is 60.4 Å². The van der Waals surface area contributed by atoms with Gasteiger partial charge in [0.05, 0.1) is 6.61 Å². The molecule has 4 nitrogen and oxygen atoms in total. The first-order chi connectivity index (χ1) is 9.49. The van der Waals surface area contributed by atoms with Gasteiger partial charge in [0, 0.05) is 12.0 Å². The molecule has 0 N–H and O–H groups in total. The van der Waals surface area contributed by atoms with E-state index in [-0.39, 0.29) is 18.2 Å². The molecule has 0 bridgehead atoms. The average Bonchev–Trinajstić information content (AvgIpc) is 2.44. The Morgan fingerprint density at radius 1 is 1.10 bits per heavy atom. The normalized spacial score (nSPS) is 11.8. The molecule has 1 rings (SSSR count). The third-order valence-corrected chi connectivity index (χ3v) is 3.11. The van der Waals surface area contributed by atoms with Crippen LogP contribution in [0, 0.1) is 5.92 Å². The van der Waals surface area contributed by atoms with Gasteiger partial charge in [0.15, 0.2) is 5.78 Å².